The van der Waals surface area contributed by atoms with Gasteiger partial charge in [0.25, 0.3) is 0 Å². The van der Waals surface area contributed by atoms with Crippen molar-refractivity contribution in [3.8, 4) is 5.75 Å². The lowest BCUT2D eigenvalue weighted by Gasteiger charge is -2.19. The van der Waals surface area contributed by atoms with Crippen molar-refractivity contribution in [3.63, 3.8) is 0 Å². The number of methoxy groups -OCH3 is 1. The molecule has 2 amide bonds. The standard InChI is InChI=1S/C18H18ClN3O5S/c1-22(10-17(24)20-12-6-7-14(27-2)13(19)9-12)28(25,26)15-5-3-4-11-8-16(23)21-18(11)15/h3-7,9H,8,10H2,1-2H3,(H,20,24)(H,21,23). The van der Waals surface area contributed by atoms with Crippen molar-refractivity contribution < 1.29 is 22.7 Å². The van der Waals surface area contributed by atoms with Gasteiger partial charge in [-0.3, -0.25) is 9.59 Å². The Morgan fingerprint density at radius 3 is 2.75 bits per heavy atom. The summed E-state index contributed by atoms with van der Waals surface area (Å²) in [5.41, 5.74) is 1.29. The quantitative estimate of drug-likeness (QED) is 0.740. The number of sulfonamides is 1. The summed E-state index contributed by atoms with van der Waals surface area (Å²) in [5, 5.41) is 5.47. The van der Waals surface area contributed by atoms with E-state index >= 15 is 0 Å². The lowest BCUT2D eigenvalue weighted by Crippen LogP contribution is -2.35. The predicted octanol–water partition coefficient (Wildman–Crippen LogP) is 2.10. The smallest absolute Gasteiger partial charge is 0.245 e. The molecule has 0 atom stereocenters. The van der Waals surface area contributed by atoms with Crippen molar-refractivity contribution >= 4 is 44.8 Å². The molecule has 1 aliphatic heterocycles. The minimum absolute atomic E-state index is 0.0429. The van der Waals surface area contributed by atoms with Gasteiger partial charge in [-0.2, -0.15) is 4.31 Å². The SMILES string of the molecule is COc1ccc(NC(=O)CN(C)S(=O)(=O)c2cccc3c2NC(=O)C3)cc1Cl. The molecule has 0 aliphatic carbocycles. The van der Waals surface area contributed by atoms with Crippen molar-refractivity contribution in [2.24, 2.45) is 0 Å². The second kappa shape index (κ2) is 7.78. The molecule has 2 aromatic carbocycles. The van der Waals surface area contributed by atoms with Crippen LogP contribution < -0.4 is 15.4 Å². The molecule has 0 unspecified atom stereocenters. The van der Waals surface area contributed by atoms with Crippen molar-refractivity contribution in [2.45, 2.75) is 11.3 Å². The van der Waals surface area contributed by atoms with Crippen molar-refractivity contribution in [1.82, 2.24) is 4.31 Å². The Balaban J connectivity index is 1.75. The van der Waals surface area contributed by atoms with Crippen LogP contribution in [0.4, 0.5) is 11.4 Å². The van der Waals surface area contributed by atoms with Crippen LogP contribution in [0.25, 0.3) is 0 Å². The Kier molecular flexibility index (Phi) is 5.59. The number of carbonyl (C=O) groups is 2. The van der Waals surface area contributed by atoms with E-state index in [1.807, 2.05) is 0 Å². The molecule has 148 valence electrons. The van der Waals surface area contributed by atoms with Crippen LogP contribution in [0.2, 0.25) is 5.02 Å². The van der Waals surface area contributed by atoms with Gasteiger partial charge in [0.2, 0.25) is 21.8 Å². The summed E-state index contributed by atoms with van der Waals surface area (Å²) >= 11 is 6.02. The molecule has 1 heterocycles. The van der Waals surface area contributed by atoms with Gasteiger partial charge in [-0.1, -0.05) is 23.7 Å². The van der Waals surface area contributed by atoms with Crippen LogP contribution >= 0.6 is 11.6 Å². The van der Waals surface area contributed by atoms with E-state index in [-0.39, 0.29) is 22.9 Å². The third-order valence-corrected chi connectivity index (χ3v) is 6.36. The van der Waals surface area contributed by atoms with Crippen LogP contribution in [0.5, 0.6) is 5.75 Å². The van der Waals surface area contributed by atoms with Crippen molar-refractivity contribution in [3.05, 3.63) is 47.0 Å². The third kappa shape index (κ3) is 3.96. The highest BCUT2D eigenvalue weighted by Crippen LogP contribution is 2.32. The molecular weight excluding hydrogens is 406 g/mol. The molecule has 3 rings (SSSR count). The first-order chi connectivity index (χ1) is 13.2. The number of ether oxygens (including phenoxy) is 1. The van der Waals surface area contributed by atoms with Crippen LogP contribution in [0.15, 0.2) is 41.3 Å². The summed E-state index contributed by atoms with van der Waals surface area (Å²) in [7, 11) is -1.21. The fourth-order valence-electron chi connectivity index (χ4n) is 2.84. The van der Waals surface area contributed by atoms with Crippen LogP contribution in [0, 0.1) is 0 Å². The zero-order chi connectivity index (χ0) is 20.5. The second-order valence-corrected chi connectivity index (χ2v) is 8.59. The molecule has 0 aromatic heterocycles. The molecule has 0 fully saturated rings. The molecule has 0 spiro atoms. The van der Waals surface area contributed by atoms with Gasteiger partial charge in [0.15, 0.2) is 0 Å². The number of amides is 2. The average Bonchev–Trinajstić information content (AvgIpc) is 3.01. The first-order valence-electron chi connectivity index (χ1n) is 8.24. The summed E-state index contributed by atoms with van der Waals surface area (Å²) < 4.78 is 31.7. The Hall–Kier alpha value is -2.62. The number of anilines is 2. The van der Waals surface area contributed by atoms with E-state index in [1.54, 1.807) is 24.3 Å². The highest BCUT2D eigenvalue weighted by molar-refractivity contribution is 7.89. The van der Waals surface area contributed by atoms with E-state index < -0.39 is 22.5 Å². The van der Waals surface area contributed by atoms with Gasteiger partial charge >= 0.3 is 0 Å². The van der Waals surface area contributed by atoms with Gasteiger partial charge < -0.3 is 15.4 Å². The van der Waals surface area contributed by atoms with E-state index in [2.05, 4.69) is 10.6 Å². The van der Waals surface area contributed by atoms with E-state index in [4.69, 9.17) is 16.3 Å². The number of fused-ring (bicyclic) bond motifs is 1. The van der Waals surface area contributed by atoms with E-state index in [0.717, 1.165) is 4.31 Å². The lowest BCUT2D eigenvalue weighted by atomic mass is 10.2. The number of nitrogens with zero attached hydrogens (tertiary/aromatic N) is 1. The number of nitrogens with one attached hydrogen (secondary N) is 2. The summed E-state index contributed by atoms with van der Waals surface area (Å²) in [4.78, 5) is 23.8. The second-order valence-electron chi connectivity index (χ2n) is 6.17. The lowest BCUT2D eigenvalue weighted by molar-refractivity contribution is -0.116. The summed E-state index contributed by atoms with van der Waals surface area (Å²) in [6.07, 6.45) is 0.126. The number of para-hydroxylation sites is 1. The van der Waals surface area contributed by atoms with Crippen LogP contribution in [0.1, 0.15) is 5.56 Å². The molecule has 0 radical (unpaired) electrons. The maximum absolute atomic E-state index is 12.9. The highest BCUT2D eigenvalue weighted by atomic mass is 35.5. The Morgan fingerprint density at radius 2 is 2.07 bits per heavy atom. The maximum atomic E-state index is 12.9. The summed E-state index contributed by atoms with van der Waals surface area (Å²) in [6, 6.07) is 9.35. The van der Waals surface area contributed by atoms with Gasteiger partial charge in [-0.05, 0) is 29.8 Å². The van der Waals surface area contributed by atoms with Crippen molar-refractivity contribution in [2.75, 3.05) is 31.3 Å². The fraction of sp³-hybridized carbons (Fsp3) is 0.222. The average molecular weight is 424 g/mol. The topological polar surface area (TPSA) is 105 Å². The van der Waals surface area contributed by atoms with E-state index in [0.29, 0.717) is 22.0 Å². The molecule has 1 aliphatic rings. The fourth-order valence-corrected chi connectivity index (χ4v) is 4.41. The van der Waals surface area contributed by atoms with Gasteiger partial charge in [0.1, 0.15) is 10.6 Å². The summed E-state index contributed by atoms with van der Waals surface area (Å²) in [6.45, 7) is -0.413. The molecule has 2 aromatic rings. The minimum Gasteiger partial charge on any atom is -0.495 e. The maximum Gasteiger partial charge on any atom is 0.245 e. The Labute approximate surface area is 167 Å². The first kappa shape index (κ1) is 20.1. The predicted molar refractivity (Wildman–Crippen MR) is 105 cm³/mol. The molecule has 0 saturated heterocycles. The van der Waals surface area contributed by atoms with Gasteiger partial charge in [-0.15, -0.1) is 0 Å². The Bertz CT molecular complexity index is 1060. The zero-order valence-electron chi connectivity index (χ0n) is 15.2. The monoisotopic (exact) mass is 423 g/mol. The number of likely N-dealkylation sites (N-methyl/N-ethyl adjacent to an activating group) is 1. The van der Waals surface area contributed by atoms with Gasteiger partial charge in [-0.25, -0.2) is 8.42 Å². The molecule has 0 saturated carbocycles. The van der Waals surface area contributed by atoms with E-state index in [9.17, 15) is 18.0 Å². The van der Waals surface area contributed by atoms with Gasteiger partial charge in [0, 0.05) is 12.7 Å². The molecule has 0 bridgehead atoms. The molecule has 2 N–H and O–H groups in total. The largest absolute Gasteiger partial charge is 0.495 e. The number of rotatable bonds is 6. The normalized spacial score (nSPS) is 13.2. The number of halogens is 1. The first-order valence-corrected chi connectivity index (χ1v) is 10.1. The summed E-state index contributed by atoms with van der Waals surface area (Å²) in [5.74, 6) is -0.349. The zero-order valence-corrected chi connectivity index (χ0v) is 16.7. The van der Waals surface area contributed by atoms with Crippen LogP contribution in [0.3, 0.4) is 0 Å². The number of benzene rings is 2. The van der Waals surface area contributed by atoms with Crippen LogP contribution in [-0.2, 0) is 26.0 Å². The minimum atomic E-state index is -3.98. The van der Waals surface area contributed by atoms with E-state index in [1.165, 1.54) is 26.3 Å². The molecule has 8 nitrogen and oxygen atoms in total. The third-order valence-electron chi connectivity index (χ3n) is 4.22. The highest BCUT2D eigenvalue weighted by Gasteiger charge is 2.30. The number of carbonyl (C=O) groups excluding carboxylic acids is 2. The number of hydrogen-bond acceptors (Lipinski definition) is 5. The number of hydrogen-bond donors (Lipinski definition) is 2. The molecular formula is C18H18ClN3O5S. The molecule has 28 heavy (non-hydrogen) atoms. The molecule has 10 heteroatoms. The van der Waals surface area contributed by atoms with Crippen molar-refractivity contribution in [1.29, 1.82) is 0 Å². The Morgan fingerprint density at radius 1 is 1.32 bits per heavy atom. The van der Waals surface area contributed by atoms with Crippen LogP contribution in [-0.4, -0.2) is 45.2 Å². The van der Waals surface area contributed by atoms with Gasteiger partial charge in [0.05, 0.1) is 30.8 Å².